The Labute approximate surface area is 91.4 Å². The summed E-state index contributed by atoms with van der Waals surface area (Å²) < 4.78 is 10.3. The van der Waals surface area contributed by atoms with E-state index >= 15 is 0 Å². The van der Waals surface area contributed by atoms with E-state index in [1.807, 2.05) is 6.07 Å². The van der Waals surface area contributed by atoms with Gasteiger partial charge in [-0.15, -0.1) is 0 Å². The van der Waals surface area contributed by atoms with Gasteiger partial charge >= 0.3 is 0 Å². The fourth-order valence-corrected chi connectivity index (χ4v) is 1.67. The van der Waals surface area contributed by atoms with E-state index in [0.717, 1.165) is 11.4 Å². The van der Waals surface area contributed by atoms with Crippen LogP contribution in [0.4, 0.5) is 5.69 Å². The standard InChI is InChI=1S/C12H19NO2/c1-8-6-11(15-5)9(2)10(3)12(8)13-7-14-4/h6,13H,7H2,1-5H3. The highest BCUT2D eigenvalue weighted by Crippen LogP contribution is 2.30. The number of hydrogen-bond acceptors (Lipinski definition) is 3. The molecule has 1 aromatic rings. The Hall–Kier alpha value is -1.22. The van der Waals surface area contributed by atoms with E-state index in [2.05, 4.69) is 26.1 Å². The molecule has 0 aliphatic carbocycles. The third-order valence-electron chi connectivity index (χ3n) is 2.66. The fourth-order valence-electron chi connectivity index (χ4n) is 1.67. The number of rotatable bonds is 4. The van der Waals surface area contributed by atoms with Gasteiger partial charge in [-0.25, -0.2) is 0 Å². The van der Waals surface area contributed by atoms with Gasteiger partial charge in [0.2, 0.25) is 0 Å². The highest BCUT2D eigenvalue weighted by molar-refractivity contribution is 5.63. The van der Waals surface area contributed by atoms with E-state index in [1.54, 1.807) is 14.2 Å². The molecule has 15 heavy (non-hydrogen) atoms. The lowest BCUT2D eigenvalue weighted by molar-refractivity contribution is 0.221. The van der Waals surface area contributed by atoms with Gasteiger partial charge < -0.3 is 14.8 Å². The Morgan fingerprint density at radius 1 is 1.13 bits per heavy atom. The van der Waals surface area contributed by atoms with Crippen LogP contribution >= 0.6 is 0 Å². The second-order valence-corrected chi connectivity index (χ2v) is 3.63. The quantitative estimate of drug-likeness (QED) is 0.773. The molecule has 3 nitrogen and oxygen atoms in total. The number of ether oxygens (including phenoxy) is 2. The predicted octanol–water partition coefficient (Wildman–Crippen LogP) is 2.64. The largest absolute Gasteiger partial charge is 0.496 e. The normalized spacial score (nSPS) is 10.2. The lowest BCUT2D eigenvalue weighted by atomic mass is 10.0. The zero-order valence-corrected chi connectivity index (χ0v) is 10.1. The highest BCUT2D eigenvalue weighted by Gasteiger charge is 2.09. The smallest absolute Gasteiger partial charge is 0.122 e. The summed E-state index contributed by atoms with van der Waals surface area (Å²) in [6.07, 6.45) is 0. The van der Waals surface area contributed by atoms with E-state index in [1.165, 1.54) is 16.7 Å². The lowest BCUT2D eigenvalue weighted by Gasteiger charge is -2.16. The van der Waals surface area contributed by atoms with Crippen molar-refractivity contribution in [2.45, 2.75) is 20.8 Å². The van der Waals surface area contributed by atoms with Crippen LogP contribution in [0.25, 0.3) is 0 Å². The summed E-state index contributed by atoms with van der Waals surface area (Å²) in [5.74, 6) is 0.938. The third kappa shape index (κ3) is 2.42. The van der Waals surface area contributed by atoms with E-state index in [0.29, 0.717) is 6.73 Å². The minimum atomic E-state index is 0.521. The molecule has 0 aromatic heterocycles. The Morgan fingerprint density at radius 2 is 1.80 bits per heavy atom. The van der Waals surface area contributed by atoms with E-state index in [-0.39, 0.29) is 0 Å². The van der Waals surface area contributed by atoms with Crippen LogP contribution in [-0.4, -0.2) is 21.0 Å². The first-order valence-corrected chi connectivity index (χ1v) is 4.99. The van der Waals surface area contributed by atoms with Crippen LogP contribution in [0, 0.1) is 20.8 Å². The molecule has 1 aromatic carbocycles. The summed E-state index contributed by atoms with van der Waals surface area (Å²) in [5.41, 5.74) is 4.69. The van der Waals surface area contributed by atoms with Gasteiger partial charge in [0.1, 0.15) is 12.5 Å². The van der Waals surface area contributed by atoms with Crippen molar-refractivity contribution in [1.82, 2.24) is 0 Å². The van der Waals surface area contributed by atoms with Gasteiger partial charge in [-0.05, 0) is 43.5 Å². The molecular formula is C12H19NO2. The number of benzene rings is 1. The summed E-state index contributed by atoms with van der Waals surface area (Å²) in [5, 5.41) is 3.25. The second kappa shape index (κ2) is 5.03. The van der Waals surface area contributed by atoms with Gasteiger partial charge in [-0.1, -0.05) is 0 Å². The number of nitrogens with one attached hydrogen (secondary N) is 1. The summed E-state index contributed by atoms with van der Waals surface area (Å²) in [7, 11) is 3.37. The van der Waals surface area contributed by atoms with Crippen molar-refractivity contribution in [1.29, 1.82) is 0 Å². The molecule has 3 heteroatoms. The first-order valence-electron chi connectivity index (χ1n) is 4.99. The fraction of sp³-hybridized carbons (Fsp3) is 0.500. The molecule has 1 N–H and O–H groups in total. The van der Waals surface area contributed by atoms with Crippen LogP contribution in [0.3, 0.4) is 0 Å². The highest BCUT2D eigenvalue weighted by atomic mass is 16.5. The average molecular weight is 209 g/mol. The van der Waals surface area contributed by atoms with E-state index in [4.69, 9.17) is 9.47 Å². The molecular weight excluding hydrogens is 190 g/mol. The monoisotopic (exact) mass is 209 g/mol. The number of hydrogen-bond donors (Lipinski definition) is 1. The molecule has 0 spiro atoms. The van der Waals surface area contributed by atoms with Crippen molar-refractivity contribution >= 4 is 5.69 Å². The summed E-state index contributed by atoms with van der Waals surface area (Å²) in [4.78, 5) is 0. The Kier molecular flexibility index (Phi) is 3.97. The molecule has 0 atom stereocenters. The van der Waals surface area contributed by atoms with Crippen molar-refractivity contribution in [3.8, 4) is 5.75 Å². The summed E-state index contributed by atoms with van der Waals surface area (Å²) >= 11 is 0. The van der Waals surface area contributed by atoms with Crippen LogP contribution in [0.2, 0.25) is 0 Å². The lowest BCUT2D eigenvalue weighted by Crippen LogP contribution is -2.07. The van der Waals surface area contributed by atoms with Gasteiger partial charge in [-0.2, -0.15) is 0 Å². The minimum Gasteiger partial charge on any atom is -0.496 e. The van der Waals surface area contributed by atoms with Gasteiger partial charge in [0.15, 0.2) is 0 Å². The van der Waals surface area contributed by atoms with Crippen LogP contribution in [0.5, 0.6) is 5.75 Å². The predicted molar refractivity (Wildman–Crippen MR) is 62.7 cm³/mol. The van der Waals surface area contributed by atoms with Crippen molar-refractivity contribution in [3.05, 3.63) is 22.8 Å². The number of aryl methyl sites for hydroxylation is 1. The SMILES string of the molecule is COCNc1c(C)cc(OC)c(C)c1C. The molecule has 0 aliphatic rings. The van der Waals surface area contributed by atoms with Gasteiger partial charge in [-0.3, -0.25) is 0 Å². The van der Waals surface area contributed by atoms with Gasteiger partial charge in [0.05, 0.1) is 7.11 Å². The topological polar surface area (TPSA) is 30.5 Å². The van der Waals surface area contributed by atoms with Gasteiger partial charge in [0.25, 0.3) is 0 Å². The zero-order valence-electron chi connectivity index (χ0n) is 10.1. The van der Waals surface area contributed by atoms with Crippen LogP contribution in [-0.2, 0) is 4.74 Å². The molecule has 1 rings (SSSR count). The summed E-state index contributed by atoms with van der Waals surface area (Å²) in [6, 6.07) is 2.04. The van der Waals surface area contributed by atoms with Crippen LogP contribution < -0.4 is 10.1 Å². The Bertz CT molecular complexity index is 348. The second-order valence-electron chi connectivity index (χ2n) is 3.63. The Balaban J connectivity index is 3.11. The summed E-state index contributed by atoms with van der Waals surface area (Å²) in [6.45, 7) is 6.73. The molecule has 0 bridgehead atoms. The molecule has 0 fully saturated rings. The van der Waals surface area contributed by atoms with Crippen molar-refractivity contribution in [2.75, 3.05) is 26.3 Å². The van der Waals surface area contributed by atoms with Crippen molar-refractivity contribution < 1.29 is 9.47 Å². The molecule has 0 heterocycles. The molecule has 0 unspecified atom stereocenters. The molecule has 0 amide bonds. The first kappa shape index (κ1) is 11.9. The third-order valence-corrected chi connectivity index (χ3v) is 2.66. The van der Waals surface area contributed by atoms with Crippen molar-refractivity contribution in [3.63, 3.8) is 0 Å². The van der Waals surface area contributed by atoms with E-state index < -0.39 is 0 Å². The molecule has 0 aliphatic heterocycles. The molecule has 0 saturated heterocycles. The average Bonchev–Trinajstić information content (AvgIpc) is 2.23. The maximum atomic E-state index is 5.31. The number of methoxy groups -OCH3 is 2. The van der Waals surface area contributed by atoms with Crippen LogP contribution in [0.15, 0.2) is 6.07 Å². The van der Waals surface area contributed by atoms with Crippen LogP contribution in [0.1, 0.15) is 16.7 Å². The Morgan fingerprint density at radius 3 is 2.33 bits per heavy atom. The van der Waals surface area contributed by atoms with Crippen molar-refractivity contribution in [2.24, 2.45) is 0 Å². The zero-order chi connectivity index (χ0) is 11.4. The van der Waals surface area contributed by atoms with Gasteiger partial charge in [0, 0.05) is 12.8 Å². The maximum Gasteiger partial charge on any atom is 0.122 e. The first-order chi connectivity index (χ1) is 7.11. The van der Waals surface area contributed by atoms with E-state index in [9.17, 15) is 0 Å². The number of anilines is 1. The maximum absolute atomic E-state index is 5.31. The molecule has 0 radical (unpaired) electrons. The molecule has 0 saturated carbocycles. The minimum absolute atomic E-state index is 0.521. The molecule has 84 valence electrons.